The summed E-state index contributed by atoms with van der Waals surface area (Å²) in [6.07, 6.45) is 0.244. The van der Waals surface area contributed by atoms with E-state index in [1.54, 1.807) is 17.0 Å². The first kappa shape index (κ1) is 26.2. The lowest BCUT2D eigenvalue weighted by atomic mass is 10.1. The molecule has 0 radical (unpaired) electrons. The second-order valence-corrected chi connectivity index (χ2v) is 10.9. The summed E-state index contributed by atoms with van der Waals surface area (Å²) in [5.41, 5.74) is 3.21. The van der Waals surface area contributed by atoms with Gasteiger partial charge in [0.25, 0.3) is 0 Å². The number of nitrogens with one attached hydrogen (secondary N) is 1. The van der Waals surface area contributed by atoms with Gasteiger partial charge >= 0.3 is 0 Å². The molecule has 2 saturated heterocycles. The molecule has 206 valence electrons. The Balaban J connectivity index is 1.20. The Morgan fingerprint density at radius 1 is 1.18 bits per heavy atom. The van der Waals surface area contributed by atoms with Crippen molar-refractivity contribution in [3.8, 4) is 17.3 Å². The van der Waals surface area contributed by atoms with Crippen LogP contribution in [0.4, 0.5) is 21.0 Å². The van der Waals surface area contributed by atoms with Crippen molar-refractivity contribution in [1.29, 1.82) is 5.26 Å². The van der Waals surface area contributed by atoms with Gasteiger partial charge in [-0.05, 0) is 36.4 Å². The molecule has 0 spiro atoms. The summed E-state index contributed by atoms with van der Waals surface area (Å²) in [7, 11) is 0. The van der Waals surface area contributed by atoms with Crippen LogP contribution in [0.5, 0.6) is 0 Å². The number of thiazole rings is 1. The van der Waals surface area contributed by atoms with Crippen LogP contribution >= 0.6 is 11.3 Å². The van der Waals surface area contributed by atoms with E-state index >= 15 is 0 Å². The number of aliphatic hydroxyl groups is 1. The fraction of sp³-hybridized carbons (Fsp3) is 0.357. The predicted molar refractivity (Wildman–Crippen MR) is 150 cm³/mol. The Kier molecular flexibility index (Phi) is 7.10. The van der Waals surface area contributed by atoms with E-state index in [9.17, 15) is 19.6 Å². The molecule has 2 fully saturated rings. The van der Waals surface area contributed by atoms with Crippen molar-refractivity contribution >= 4 is 45.0 Å². The smallest absolute Gasteiger partial charge is 0.236 e. The van der Waals surface area contributed by atoms with Crippen molar-refractivity contribution in [2.45, 2.75) is 19.4 Å². The average Bonchev–Trinajstić information content (AvgIpc) is 3.52. The van der Waals surface area contributed by atoms with E-state index in [0.717, 1.165) is 37.8 Å². The minimum absolute atomic E-state index is 0.0591. The lowest BCUT2D eigenvalue weighted by Crippen LogP contribution is -2.57. The summed E-state index contributed by atoms with van der Waals surface area (Å²) in [5.74, 6) is 1.26. The highest BCUT2D eigenvalue weighted by molar-refractivity contribution is 7.16. The zero-order valence-electron chi connectivity index (χ0n) is 21.9. The third-order valence-corrected chi connectivity index (χ3v) is 8.14. The number of carbonyl (C=O) groups excluding carboxylic acids is 1. The molecule has 1 amide bonds. The van der Waals surface area contributed by atoms with Crippen molar-refractivity contribution in [1.82, 2.24) is 19.8 Å². The highest BCUT2D eigenvalue weighted by Gasteiger charge is 2.30. The molecule has 3 aromatic heterocycles. The van der Waals surface area contributed by atoms with Gasteiger partial charge < -0.3 is 24.6 Å². The number of β-amino-alcohol motifs (C(OH)–C–C–N with tert-alkyl or cyclic N) is 1. The molecule has 0 saturated carbocycles. The van der Waals surface area contributed by atoms with E-state index < -0.39 is 6.10 Å². The number of benzene rings is 1. The number of hydrogen-bond acceptors (Lipinski definition) is 10. The van der Waals surface area contributed by atoms with Crippen LogP contribution in [0.2, 0.25) is 0 Å². The molecular weight excluding hydrogens is 533 g/mol. The molecule has 10 nitrogen and oxygen atoms in total. The van der Waals surface area contributed by atoms with Crippen molar-refractivity contribution in [2.75, 3.05) is 56.0 Å². The number of anilines is 3. The molecule has 2 aliphatic heterocycles. The first-order valence-corrected chi connectivity index (χ1v) is 14.0. The number of aliphatic hydroxyl groups excluding tert-OH is 1. The first-order valence-electron chi connectivity index (χ1n) is 13.2. The number of amides is 1. The second-order valence-electron chi connectivity index (χ2n) is 9.93. The summed E-state index contributed by atoms with van der Waals surface area (Å²) < 4.78 is 19.5. The van der Waals surface area contributed by atoms with Gasteiger partial charge in [-0.15, -0.1) is 0 Å². The Morgan fingerprint density at radius 2 is 1.93 bits per heavy atom. The van der Waals surface area contributed by atoms with E-state index in [1.165, 1.54) is 23.5 Å². The maximum absolute atomic E-state index is 13.4. The normalized spacial score (nSPS) is 16.2. The zero-order valence-corrected chi connectivity index (χ0v) is 22.7. The van der Waals surface area contributed by atoms with Gasteiger partial charge in [-0.1, -0.05) is 18.3 Å². The molecule has 40 heavy (non-hydrogen) atoms. The van der Waals surface area contributed by atoms with E-state index in [1.807, 2.05) is 19.1 Å². The highest BCUT2D eigenvalue weighted by Crippen LogP contribution is 2.37. The molecule has 4 aromatic rings. The Labute approximate surface area is 234 Å². The third kappa shape index (κ3) is 5.11. The van der Waals surface area contributed by atoms with Gasteiger partial charge in [0.15, 0.2) is 10.7 Å². The van der Waals surface area contributed by atoms with Crippen LogP contribution in [0.15, 0.2) is 40.8 Å². The average molecular weight is 562 g/mol. The Morgan fingerprint density at radius 3 is 2.60 bits per heavy atom. The maximum atomic E-state index is 13.4. The Bertz CT molecular complexity index is 1580. The van der Waals surface area contributed by atoms with Gasteiger partial charge in [-0.3, -0.25) is 9.69 Å². The number of nitriles is 1. The number of furan rings is 1. The third-order valence-electron chi connectivity index (χ3n) is 7.26. The number of halogens is 1. The lowest BCUT2D eigenvalue weighted by molar-refractivity contribution is -0.142. The van der Waals surface area contributed by atoms with Crippen molar-refractivity contribution in [3.05, 3.63) is 52.9 Å². The van der Waals surface area contributed by atoms with Crippen LogP contribution in [0.25, 0.3) is 22.4 Å². The van der Waals surface area contributed by atoms with E-state index in [-0.39, 0.29) is 11.7 Å². The van der Waals surface area contributed by atoms with Crippen molar-refractivity contribution < 1.29 is 18.7 Å². The molecular formula is C28H28FN7O3S. The fourth-order valence-corrected chi connectivity index (χ4v) is 5.80. The number of hydrogen-bond donors (Lipinski definition) is 2. The molecule has 6 rings (SSSR count). The first-order chi connectivity index (χ1) is 19.4. The van der Waals surface area contributed by atoms with Gasteiger partial charge in [0.05, 0.1) is 12.6 Å². The van der Waals surface area contributed by atoms with E-state index in [4.69, 9.17) is 9.40 Å². The van der Waals surface area contributed by atoms with E-state index in [0.29, 0.717) is 64.1 Å². The molecule has 1 aromatic carbocycles. The molecule has 2 N–H and O–H groups in total. The number of aryl methyl sites for hydroxylation is 1. The molecule has 12 heteroatoms. The Hall–Kier alpha value is -4.05. The van der Waals surface area contributed by atoms with Crippen molar-refractivity contribution in [3.63, 3.8) is 0 Å². The summed E-state index contributed by atoms with van der Waals surface area (Å²) >= 11 is 1.22. The minimum atomic E-state index is -0.391. The quantitative estimate of drug-likeness (QED) is 0.349. The van der Waals surface area contributed by atoms with Gasteiger partial charge in [-0.2, -0.15) is 5.26 Å². The topological polar surface area (TPSA) is 122 Å². The summed E-state index contributed by atoms with van der Waals surface area (Å²) in [5, 5.41) is 23.0. The molecule has 0 atom stereocenters. The SMILES string of the molecule is CCc1oc2ccc(N3CCN(CC(=O)N4CC(O)C4)CC3)nc2c1Nc1nc(-c2ccc(F)cc2)c(C#N)s1. The largest absolute Gasteiger partial charge is 0.457 e. The monoisotopic (exact) mass is 561 g/mol. The van der Waals surface area contributed by atoms with Crippen LogP contribution in [0.3, 0.4) is 0 Å². The standard InChI is InChI=1S/C28H28FN7O3S/c1-2-20-26(33-28-32-25(22(13-30)40-28)17-3-5-18(29)6-4-17)27-21(39-20)7-8-23(31-27)35-11-9-34(10-12-35)16-24(38)36-14-19(37)15-36/h3-8,19,37H,2,9-12,14-16H2,1H3,(H,32,33). The van der Waals surface area contributed by atoms with Crippen LogP contribution in [0.1, 0.15) is 17.6 Å². The number of carbonyl (C=O) groups is 1. The number of piperazine rings is 1. The van der Waals surface area contributed by atoms with Gasteiger partial charge in [0, 0.05) is 51.3 Å². The number of aromatic nitrogens is 2. The molecule has 0 aliphatic carbocycles. The van der Waals surface area contributed by atoms with Crippen LogP contribution in [-0.4, -0.2) is 82.7 Å². The zero-order chi connectivity index (χ0) is 27.8. The van der Waals surface area contributed by atoms with Gasteiger partial charge in [0.2, 0.25) is 5.91 Å². The summed E-state index contributed by atoms with van der Waals surface area (Å²) in [6.45, 7) is 6.15. The highest BCUT2D eigenvalue weighted by atomic mass is 32.1. The van der Waals surface area contributed by atoms with Crippen LogP contribution < -0.4 is 10.2 Å². The summed E-state index contributed by atoms with van der Waals surface area (Å²) in [6, 6.07) is 12.0. The predicted octanol–water partition coefficient (Wildman–Crippen LogP) is 3.59. The number of pyridine rings is 1. The number of fused-ring (bicyclic) bond motifs is 1. The van der Waals surface area contributed by atoms with Crippen molar-refractivity contribution in [2.24, 2.45) is 0 Å². The number of rotatable bonds is 7. The van der Waals surface area contributed by atoms with Crippen LogP contribution in [0, 0.1) is 17.1 Å². The molecule has 5 heterocycles. The van der Waals surface area contributed by atoms with Crippen LogP contribution in [-0.2, 0) is 11.2 Å². The van der Waals surface area contributed by atoms with Gasteiger partial charge in [-0.25, -0.2) is 14.4 Å². The minimum Gasteiger partial charge on any atom is -0.457 e. The molecule has 0 bridgehead atoms. The maximum Gasteiger partial charge on any atom is 0.236 e. The number of nitrogens with zero attached hydrogens (tertiary/aromatic N) is 6. The fourth-order valence-electron chi connectivity index (χ4n) is 5.01. The van der Waals surface area contributed by atoms with Gasteiger partial charge in [0.1, 0.15) is 45.2 Å². The number of likely N-dealkylation sites (tertiary alicyclic amines) is 1. The summed E-state index contributed by atoms with van der Waals surface area (Å²) in [4.78, 5) is 28.4. The van der Waals surface area contributed by atoms with E-state index in [2.05, 4.69) is 26.2 Å². The molecule has 2 aliphatic rings. The second kappa shape index (κ2) is 10.8. The lowest BCUT2D eigenvalue weighted by Gasteiger charge is -2.39. The molecule has 0 unspecified atom stereocenters.